The van der Waals surface area contributed by atoms with Crippen molar-refractivity contribution in [2.24, 2.45) is 0 Å². The summed E-state index contributed by atoms with van der Waals surface area (Å²) in [6.07, 6.45) is 0.174. The minimum absolute atomic E-state index is 0.0273. The van der Waals surface area contributed by atoms with E-state index in [1.807, 2.05) is 0 Å². The number of rotatable bonds is 4. The maximum absolute atomic E-state index is 11.2. The molecule has 1 saturated heterocycles. The molecule has 2 heterocycles. The second-order valence-corrected chi connectivity index (χ2v) is 5.22. The van der Waals surface area contributed by atoms with E-state index in [-0.39, 0.29) is 16.9 Å². The number of esters is 2. The van der Waals surface area contributed by atoms with Crippen LogP contribution in [0.5, 0.6) is 0 Å². The minimum atomic E-state index is -0.591. The minimum Gasteiger partial charge on any atom is -0.463 e. The van der Waals surface area contributed by atoms with Crippen molar-refractivity contribution in [2.45, 2.75) is 38.7 Å². The number of nitrogens with one attached hydrogen (secondary N) is 1. The summed E-state index contributed by atoms with van der Waals surface area (Å²) in [6.45, 7) is 2.55. The highest BCUT2D eigenvalue weighted by Crippen LogP contribution is 2.31. The SMILES string of the molecule is CC(=O)OC[C@H]1O[C@@H](n2ccc(=O)[nH]c2=S)C[C@@H]1OC(C)=O. The van der Waals surface area contributed by atoms with Gasteiger partial charge in [-0.15, -0.1) is 0 Å². The van der Waals surface area contributed by atoms with Gasteiger partial charge in [-0.2, -0.15) is 0 Å². The Labute approximate surface area is 131 Å². The average molecular weight is 328 g/mol. The summed E-state index contributed by atoms with van der Waals surface area (Å²) < 4.78 is 17.6. The van der Waals surface area contributed by atoms with E-state index in [9.17, 15) is 14.4 Å². The molecule has 120 valence electrons. The second-order valence-electron chi connectivity index (χ2n) is 4.83. The van der Waals surface area contributed by atoms with Gasteiger partial charge in [-0.1, -0.05) is 0 Å². The van der Waals surface area contributed by atoms with Crippen LogP contribution in [-0.4, -0.2) is 40.3 Å². The molecule has 1 fully saturated rings. The number of aromatic amines is 1. The first-order valence-electron chi connectivity index (χ1n) is 6.64. The maximum Gasteiger partial charge on any atom is 0.303 e. The van der Waals surface area contributed by atoms with Crippen molar-refractivity contribution in [1.29, 1.82) is 0 Å². The van der Waals surface area contributed by atoms with Crippen LogP contribution in [0.4, 0.5) is 0 Å². The Hall–Kier alpha value is -2.00. The molecule has 8 nitrogen and oxygen atoms in total. The van der Waals surface area contributed by atoms with Gasteiger partial charge in [0.1, 0.15) is 25.0 Å². The van der Waals surface area contributed by atoms with Gasteiger partial charge in [-0.3, -0.25) is 23.9 Å². The normalized spacial score (nSPS) is 24.0. The largest absolute Gasteiger partial charge is 0.463 e. The summed E-state index contributed by atoms with van der Waals surface area (Å²) in [5, 5.41) is 0. The van der Waals surface area contributed by atoms with Gasteiger partial charge >= 0.3 is 11.9 Å². The lowest BCUT2D eigenvalue weighted by Gasteiger charge is -2.17. The zero-order valence-corrected chi connectivity index (χ0v) is 12.9. The van der Waals surface area contributed by atoms with Crippen LogP contribution >= 0.6 is 12.2 Å². The Bertz CT molecular complexity index is 682. The number of aromatic nitrogens is 2. The molecule has 0 radical (unpaired) electrons. The first kappa shape index (κ1) is 16.4. The van der Waals surface area contributed by atoms with Crippen molar-refractivity contribution in [1.82, 2.24) is 9.55 Å². The van der Waals surface area contributed by atoms with Crippen molar-refractivity contribution < 1.29 is 23.8 Å². The van der Waals surface area contributed by atoms with Gasteiger partial charge in [-0.25, -0.2) is 0 Å². The molecule has 0 unspecified atom stereocenters. The monoisotopic (exact) mass is 328 g/mol. The lowest BCUT2D eigenvalue weighted by Crippen LogP contribution is -2.31. The number of ether oxygens (including phenoxy) is 3. The van der Waals surface area contributed by atoms with Crippen LogP contribution in [0.2, 0.25) is 0 Å². The topological polar surface area (TPSA) is 99.6 Å². The molecular formula is C13H16N2O6S. The third-order valence-electron chi connectivity index (χ3n) is 3.11. The number of carbonyl (C=O) groups excluding carboxylic acids is 2. The Morgan fingerprint density at radius 3 is 2.77 bits per heavy atom. The molecule has 1 aromatic rings. The molecule has 9 heteroatoms. The van der Waals surface area contributed by atoms with E-state index in [0.717, 1.165) is 0 Å². The lowest BCUT2D eigenvalue weighted by atomic mass is 10.2. The number of H-pyrrole nitrogens is 1. The highest BCUT2D eigenvalue weighted by molar-refractivity contribution is 7.71. The highest BCUT2D eigenvalue weighted by atomic mass is 32.1. The van der Waals surface area contributed by atoms with E-state index in [0.29, 0.717) is 6.42 Å². The molecule has 0 bridgehead atoms. The lowest BCUT2D eigenvalue weighted by molar-refractivity contribution is -0.155. The summed E-state index contributed by atoms with van der Waals surface area (Å²) in [4.78, 5) is 35.8. The quantitative estimate of drug-likeness (QED) is 0.641. The summed E-state index contributed by atoms with van der Waals surface area (Å²) >= 11 is 5.08. The second kappa shape index (κ2) is 6.84. The van der Waals surface area contributed by atoms with E-state index in [4.69, 9.17) is 26.4 Å². The van der Waals surface area contributed by atoms with Gasteiger partial charge in [0, 0.05) is 32.5 Å². The Kier molecular flexibility index (Phi) is 5.09. The van der Waals surface area contributed by atoms with Crippen LogP contribution in [0.1, 0.15) is 26.5 Å². The predicted octanol–water partition coefficient (Wildman–Crippen LogP) is 0.688. The zero-order chi connectivity index (χ0) is 16.3. The van der Waals surface area contributed by atoms with Crippen molar-refractivity contribution >= 4 is 24.2 Å². The fourth-order valence-electron chi connectivity index (χ4n) is 2.21. The summed E-state index contributed by atoms with van der Waals surface area (Å²) in [5.74, 6) is -0.901. The van der Waals surface area contributed by atoms with Crippen molar-refractivity contribution in [3.8, 4) is 0 Å². The van der Waals surface area contributed by atoms with Gasteiger partial charge < -0.3 is 14.2 Å². The van der Waals surface area contributed by atoms with Crippen molar-refractivity contribution in [2.75, 3.05) is 6.61 Å². The summed E-state index contributed by atoms with van der Waals surface area (Å²) in [6, 6.07) is 1.32. The third kappa shape index (κ3) is 4.01. The molecule has 0 amide bonds. The van der Waals surface area contributed by atoms with Crippen LogP contribution in [-0.2, 0) is 23.8 Å². The van der Waals surface area contributed by atoms with E-state index in [1.165, 1.54) is 26.1 Å². The molecule has 0 saturated carbocycles. The molecular weight excluding hydrogens is 312 g/mol. The van der Waals surface area contributed by atoms with Crippen LogP contribution in [0, 0.1) is 4.77 Å². The molecule has 2 rings (SSSR count). The maximum atomic E-state index is 11.2. The Balaban J connectivity index is 2.17. The van der Waals surface area contributed by atoms with E-state index >= 15 is 0 Å². The molecule has 22 heavy (non-hydrogen) atoms. The van der Waals surface area contributed by atoms with Crippen LogP contribution in [0.3, 0.4) is 0 Å². The van der Waals surface area contributed by atoms with E-state index < -0.39 is 30.4 Å². The highest BCUT2D eigenvalue weighted by Gasteiger charge is 2.39. The third-order valence-corrected chi connectivity index (χ3v) is 3.42. The van der Waals surface area contributed by atoms with Crippen LogP contribution < -0.4 is 5.56 Å². The Morgan fingerprint density at radius 2 is 2.18 bits per heavy atom. The van der Waals surface area contributed by atoms with Gasteiger partial charge in [0.25, 0.3) is 5.56 Å². The van der Waals surface area contributed by atoms with Gasteiger partial charge in [-0.05, 0) is 12.2 Å². The number of hydrogen-bond acceptors (Lipinski definition) is 7. The fraction of sp³-hybridized carbons (Fsp3) is 0.538. The smallest absolute Gasteiger partial charge is 0.303 e. The molecule has 3 atom stereocenters. The average Bonchev–Trinajstić information content (AvgIpc) is 2.78. The molecule has 0 aromatic carbocycles. The van der Waals surface area contributed by atoms with E-state index in [1.54, 1.807) is 4.57 Å². The van der Waals surface area contributed by atoms with Crippen LogP contribution in [0.25, 0.3) is 0 Å². The van der Waals surface area contributed by atoms with Crippen molar-refractivity contribution in [3.05, 3.63) is 27.4 Å². The molecule has 1 aliphatic heterocycles. The molecule has 1 aromatic heterocycles. The summed E-state index contributed by atoms with van der Waals surface area (Å²) in [5.41, 5.74) is -0.313. The van der Waals surface area contributed by atoms with Crippen molar-refractivity contribution in [3.63, 3.8) is 0 Å². The first-order chi connectivity index (χ1) is 10.4. The summed E-state index contributed by atoms with van der Waals surface area (Å²) in [7, 11) is 0. The van der Waals surface area contributed by atoms with E-state index in [2.05, 4.69) is 4.98 Å². The molecule has 1 N–H and O–H groups in total. The number of nitrogens with zero attached hydrogens (tertiary/aromatic N) is 1. The fourth-order valence-corrected chi connectivity index (χ4v) is 2.49. The zero-order valence-electron chi connectivity index (χ0n) is 12.1. The first-order valence-corrected chi connectivity index (χ1v) is 7.05. The standard InChI is InChI=1S/C13H16N2O6S/c1-7(16)19-6-10-9(20-8(2)17)5-12(21-10)15-4-3-11(18)14-13(15)22/h3-4,9-10,12H,5-6H2,1-2H3,(H,14,18,22)/t9-,10+,12+/m0/s1. The Morgan fingerprint density at radius 1 is 1.45 bits per heavy atom. The van der Waals surface area contributed by atoms with Gasteiger partial charge in [0.2, 0.25) is 0 Å². The number of carbonyl (C=O) groups is 2. The molecule has 0 spiro atoms. The molecule has 0 aliphatic carbocycles. The van der Waals surface area contributed by atoms with Crippen LogP contribution in [0.15, 0.2) is 17.1 Å². The number of hydrogen-bond donors (Lipinski definition) is 1. The molecule has 1 aliphatic rings. The van der Waals surface area contributed by atoms with Gasteiger partial charge in [0.05, 0.1) is 0 Å². The predicted molar refractivity (Wildman–Crippen MR) is 76.6 cm³/mol. The van der Waals surface area contributed by atoms with Gasteiger partial charge in [0.15, 0.2) is 4.77 Å².